The number of Topliss-reactive ketones (excluding diaryl/α,β-unsaturated/α-hetero) is 1. The van der Waals surface area contributed by atoms with Crippen LogP contribution in [0.1, 0.15) is 44.8 Å². The number of nitrogens with zero attached hydrogens (tertiary/aromatic N) is 3. The zero-order valence-electron chi connectivity index (χ0n) is 13.8. The van der Waals surface area contributed by atoms with Crippen molar-refractivity contribution in [2.24, 2.45) is 0 Å². The smallest absolute Gasteiger partial charge is 0.262 e. The van der Waals surface area contributed by atoms with Gasteiger partial charge in [-0.15, -0.1) is 0 Å². The molecule has 6 heteroatoms. The quantitative estimate of drug-likeness (QED) is 0.800. The van der Waals surface area contributed by atoms with Gasteiger partial charge < -0.3 is 0 Å². The first-order valence-electron chi connectivity index (χ1n) is 7.78. The lowest BCUT2D eigenvalue weighted by atomic mass is 9.95. The minimum absolute atomic E-state index is 0.279. The highest BCUT2D eigenvalue weighted by atomic mass is 16.2. The van der Waals surface area contributed by atoms with Crippen LogP contribution < -0.4 is 0 Å². The molecule has 1 aliphatic heterocycles. The first kappa shape index (κ1) is 16.5. The molecule has 0 fully saturated rings. The van der Waals surface area contributed by atoms with Gasteiger partial charge in [0, 0.05) is 6.20 Å². The first-order chi connectivity index (χ1) is 12.0. The summed E-state index contributed by atoms with van der Waals surface area (Å²) < 4.78 is 0. The van der Waals surface area contributed by atoms with E-state index in [0.717, 1.165) is 10.5 Å². The molecule has 0 N–H and O–H groups in total. The van der Waals surface area contributed by atoms with Crippen LogP contribution in [0.15, 0.2) is 42.6 Å². The van der Waals surface area contributed by atoms with Crippen LogP contribution in [0.3, 0.4) is 0 Å². The third-order valence-corrected chi connectivity index (χ3v) is 4.27. The molecular weight excluding hydrogens is 318 g/mol. The molecule has 0 saturated heterocycles. The highest BCUT2D eigenvalue weighted by Crippen LogP contribution is 2.28. The van der Waals surface area contributed by atoms with E-state index in [-0.39, 0.29) is 11.1 Å². The van der Waals surface area contributed by atoms with Gasteiger partial charge in [-0.1, -0.05) is 17.7 Å². The van der Waals surface area contributed by atoms with Gasteiger partial charge >= 0.3 is 0 Å². The molecule has 0 saturated carbocycles. The number of benzene rings is 1. The Morgan fingerprint density at radius 3 is 2.52 bits per heavy atom. The number of rotatable bonds is 4. The second-order valence-electron chi connectivity index (χ2n) is 5.92. The number of hydrogen-bond acceptors (Lipinski definition) is 5. The Labute approximate surface area is 144 Å². The fourth-order valence-electron chi connectivity index (χ4n) is 2.92. The van der Waals surface area contributed by atoms with Gasteiger partial charge in [-0.25, -0.2) is 0 Å². The number of hydrogen-bond donors (Lipinski definition) is 0. The molecule has 0 unspecified atom stereocenters. The number of fused-ring (bicyclic) bond motifs is 1. The zero-order chi connectivity index (χ0) is 18.1. The number of nitriles is 1. The summed E-state index contributed by atoms with van der Waals surface area (Å²) in [4.78, 5) is 42.9. The standard InChI is InChI=1S/C19H15N3O3/c1-11-6-7-13-14(9-11)19(25)22(18(13)24)12(2)17(23)15(10-20)16-5-3-4-8-21-16/h3-9,12,15H,1-2H3/t12-,15+/m1/s1. The third-order valence-electron chi connectivity index (χ3n) is 4.27. The first-order valence-corrected chi connectivity index (χ1v) is 7.78. The van der Waals surface area contributed by atoms with E-state index in [4.69, 9.17) is 0 Å². The molecule has 1 aliphatic rings. The maximum Gasteiger partial charge on any atom is 0.262 e. The van der Waals surface area contributed by atoms with Crippen LogP contribution in [0.4, 0.5) is 0 Å². The normalized spacial score (nSPS) is 15.5. The van der Waals surface area contributed by atoms with E-state index >= 15 is 0 Å². The maximum absolute atomic E-state index is 12.8. The van der Waals surface area contributed by atoms with Crippen LogP contribution in [0.5, 0.6) is 0 Å². The number of ketones is 1. The number of carbonyl (C=O) groups is 3. The van der Waals surface area contributed by atoms with Gasteiger partial charge in [-0.3, -0.25) is 24.3 Å². The molecule has 0 bridgehead atoms. The van der Waals surface area contributed by atoms with Gasteiger partial charge in [0.2, 0.25) is 0 Å². The van der Waals surface area contributed by atoms with E-state index < -0.39 is 29.6 Å². The van der Waals surface area contributed by atoms with Crippen molar-refractivity contribution in [3.8, 4) is 6.07 Å². The Hall–Kier alpha value is -3.33. The van der Waals surface area contributed by atoms with Crippen molar-refractivity contribution in [2.75, 3.05) is 0 Å². The predicted octanol–water partition coefficient (Wildman–Crippen LogP) is 2.25. The van der Waals surface area contributed by atoms with Crippen molar-refractivity contribution in [3.05, 3.63) is 65.0 Å². The van der Waals surface area contributed by atoms with Gasteiger partial charge in [0.1, 0.15) is 5.92 Å². The molecule has 2 aromatic rings. The highest BCUT2D eigenvalue weighted by Gasteiger charge is 2.42. The van der Waals surface area contributed by atoms with Crippen LogP contribution in [-0.2, 0) is 4.79 Å². The van der Waals surface area contributed by atoms with Crippen LogP contribution in [0.2, 0.25) is 0 Å². The number of pyridine rings is 1. The molecule has 1 aromatic carbocycles. The molecule has 1 aromatic heterocycles. The third kappa shape index (κ3) is 2.70. The number of amides is 2. The van der Waals surface area contributed by atoms with Crippen molar-refractivity contribution < 1.29 is 14.4 Å². The number of carbonyl (C=O) groups excluding carboxylic acids is 3. The Kier molecular flexibility index (Phi) is 4.15. The maximum atomic E-state index is 12.8. The summed E-state index contributed by atoms with van der Waals surface area (Å²) in [5.74, 6) is -2.70. The molecule has 2 atom stereocenters. The predicted molar refractivity (Wildman–Crippen MR) is 88.7 cm³/mol. The molecular formula is C19H15N3O3. The minimum Gasteiger partial charge on any atom is -0.295 e. The Morgan fingerprint density at radius 2 is 1.88 bits per heavy atom. The molecule has 2 amide bonds. The van der Waals surface area contributed by atoms with Gasteiger partial charge in [0.25, 0.3) is 11.8 Å². The minimum atomic E-state index is -1.14. The van der Waals surface area contributed by atoms with E-state index in [1.165, 1.54) is 13.1 Å². The van der Waals surface area contributed by atoms with E-state index in [0.29, 0.717) is 5.69 Å². The average Bonchev–Trinajstić information content (AvgIpc) is 2.86. The monoisotopic (exact) mass is 333 g/mol. The van der Waals surface area contributed by atoms with Crippen LogP contribution in [-0.4, -0.2) is 33.5 Å². The fourth-order valence-corrected chi connectivity index (χ4v) is 2.92. The summed E-state index contributed by atoms with van der Waals surface area (Å²) in [6.45, 7) is 3.28. The number of imide groups is 1. The van der Waals surface area contributed by atoms with Gasteiger partial charge in [-0.2, -0.15) is 5.26 Å². The molecule has 124 valence electrons. The second kappa shape index (κ2) is 6.29. The number of aromatic nitrogens is 1. The van der Waals surface area contributed by atoms with E-state index in [2.05, 4.69) is 4.98 Å². The van der Waals surface area contributed by atoms with Gasteiger partial charge in [0.05, 0.1) is 28.9 Å². The summed E-state index contributed by atoms with van der Waals surface area (Å²) in [7, 11) is 0. The van der Waals surface area contributed by atoms with Crippen molar-refractivity contribution in [1.82, 2.24) is 9.88 Å². The van der Waals surface area contributed by atoms with Crippen molar-refractivity contribution in [1.29, 1.82) is 5.26 Å². The van der Waals surface area contributed by atoms with Gasteiger partial charge in [-0.05, 0) is 38.1 Å². The van der Waals surface area contributed by atoms with E-state index in [1.54, 1.807) is 36.4 Å². The van der Waals surface area contributed by atoms with Crippen LogP contribution >= 0.6 is 0 Å². The number of aryl methyl sites for hydroxylation is 1. The molecule has 0 aliphatic carbocycles. The molecule has 0 radical (unpaired) electrons. The van der Waals surface area contributed by atoms with Crippen molar-refractivity contribution >= 4 is 17.6 Å². The average molecular weight is 333 g/mol. The largest absolute Gasteiger partial charge is 0.295 e. The Balaban J connectivity index is 1.92. The molecule has 6 nitrogen and oxygen atoms in total. The Morgan fingerprint density at radius 1 is 1.16 bits per heavy atom. The lowest BCUT2D eigenvalue weighted by Crippen LogP contribution is -2.44. The Bertz CT molecular complexity index is 915. The summed E-state index contributed by atoms with van der Waals surface area (Å²) >= 11 is 0. The summed E-state index contributed by atoms with van der Waals surface area (Å²) in [5.41, 5.74) is 1.72. The van der Waals surface area contributed by atoms with Gasteiger partial charge in [0.15, 0.2) is 5.78 Å². The zero-order valence-corrected chi connectivity index (χ0v) is 13.8. The second-order valence-corrected chi connectivity index (χ2v) is 5.92. The van der Waals surface area contributed by atoms with Crippen molar-refractivity contribution in [2.45, 2.75) is 25.8 Å². The molecule has 3 rings (SSSR count). The van der Waals surface area contributed by atoms with E-state index in [1.807, 2.05) is 13.0 Å². The van der Waals surface area contributed by atoms with Crippen molar-refractivity contribution in [3.63, 3.8) is 0 Å². The molecule has 0 spiro atoms. The lowest BCUT2D eigenvalue weighted by molar-refractivity contribution is -0.122. The van der Waals surface area contributed by atoms with Crippen LogP contribution in [0.25, 0.3) is 0 Å². The lowest BCUT2D eigenvalue weighted by Gasteiger charge is -2.23. The van der Waals surface area contributed by atoms with Crippen LogP contribution in [0, 0.1) is 18.3 Å². The molecule has 2 heterocycles. The summed E-state index contributed by atoms with van der Waals surface area (Å²) in [6.07, 6.45) is 1.49. The highest BCUT2D eigenvalue weighted by molar-refractivity contribution is 6.23. The topological polar surface area (TPSA) is 91.1 Å². The SMILES string of the molecule is Cc1ccc2c(c1)C(=O)N([C@H](C)C(=O)[C@@H](C#N)c1ccccn1)C2=O. The summed E-state index contributed by atoms with van der Waals surface area (Å²) in [5, 5.41) is 9.38. The summed E-state index contributed by atoms with van der Waals surface area (Å²) in [6, 6.07) is 10.8. The van der Waals surface area contributed by atoms with E-state index in [9.17, 15) is 19.6 Å². The fraction of sp³-hybridized carbons (Fsp3) is 0.211. The molecule has 25 heavy (non-hydrogen) atoms.